The first-order chi connectivity index (χ1) is 7.67. The maximum absolute atomic E-state index is 3.54. The topological polar surface area (TPSA) is 17.0 Å². The highest BCUT2D eigenvalue weighted by molar-refractivity contribution is 5.07. The summed E-state index contributed by atoms with van der Waals surface area (Å²) < 4.78 is 2.37. The lowest BCUT2D eigenvalue weighted by atomic mass is 9.92. The Morgan fingerprint density at radius 2 is 1.76 bits per heavy atom. The van der Waals surface area contributed by atoms with Crippen molar-refractivity contribution in [3.8, 4) is 0 Å². The van der Waals surface area contributed by atoms with Gasteiger partial charge in [-0.3, -0.25) is 0 Å². The summed E-state index contributed by atoms with van der Waals surface area (Å²) in [5.74, 6) is 0. The Hall–Kier alpha value is -0.760. The molecule has 1 N–H and O–H groups in total. The van der Waals surface area contributed by atoms with E-state index in [2.05, 4.69) is 69.8 Å². The van der Waals surface area contributed by atoms with Gasteiger partial charge in [-0.25, -0.2) is 0 Å². The van der Waals surface area contributed by atoms with Crippen molar-refractivity contribution in [2.45, 2.75) is 66.6 Å². The van der Waals surface area contributed by atoms with Gasteiger partial charge in [0.1, 0.15) is 0 Å². The molecule has 0 atom stereocenters. The molecule has 0 spiro atoms. The summed E-state index contributed by atoms with van der Waals surface area (Å²) in [5.41, 5.74) is 1.96. The van der Waals surface area contributed by atoms with Gasteiger partial charge >= 0.3 is 0 Å². The minimum absolute atomic E-state index is 0.180. The van der Waals surface area contributed by atoms with Crippen LogP contribution in [0, 0.1) is 5.41 Å². The van der Waals surface area contributed by atoms with E-state index in [1.165, 1.54) is 12.1 Å². The van der Waals surface area contributed by atoms with Crippen LogP contribution in [-0.4, -0.2) is 10.1 Å². The van der Waals surface area contributed by atoms with Crippen LogP contribution in [0.4, 0.5) is 0 Å². The summed E-state index contributed by atoms with van der Waals surface area (Å²) in [6.07, 6.45) is 3.40. The van der Waals surface area contributed by atoms with Crippen molar-refractivity contribution in [2.24, 2.45) is 5.41 Å². The summed E-state index contributed by atoms with van der Waals surface area (Å²) >= 11 is 0. The van der Waals surface area contributed by atoms with Gasteiger partial charge in [0.25, 0.3) is 0 Å². The number of nitrogens with zero attached hydrogens (tertiary/aromatic N) is 1. The molecule has 98 valence electrons. The number of aromatic nitrogens is 1. The van der Waals surface area contributed by atoms with Crippen LogP contribution < -0.4 is 5.32 Å². The minimum atomic E-state index is 0.180. The highest BCUT2D eigenvalue weighted by Gasteiger charge is 2.12. The predicted molar refractivity (Wildman–Crippen MR) is 75.1 cm³/mol. The second-order valence-corrected chi connectivity index (χ2v) is 7.11. The predicted octanol–water partition coefficient (Wildman–Crippen LogP) is 3.81. The fourth-order valence-corrected chi connectivity index (χ4v) is 1.64. The van der Waals surface area contributed by atoms with Crippen molar-refractivity contribution < 1.29 is 0 Å². The maximum atomic E-state index is 3.54. The largest absolute Gasteiger partial charge is 0.350 e. The van der Waals surface area contributed by atoms with E-state index in [1.807, 2.05) is 0 Å². The lowest BCUT2D eigenvalue weighted by Gasteiger charge is -2.23. The Morgan fingerprint density at radius 1 is 1.12 bits per heavy atom. The normalized spacial score (nSPS) is 13.1. The monoisotopic (exact) mass is 236 g/mol. The van der Waals surface area contributed by atoms with Gasteiger partial charge in [-0.2, -0.15) is 0 Å². The Morgan fingerprint density at radius 3 is 2.29 bits per heavy atom. The van der Waals surface area contributed by atoms with Gasteiger partial charge in [0.15, 0.2) is 0 Å². The van der Waals surface area contributed by atoms with Gasteiger partial charge in [0.2, 0.25) is 0 Å². The minimum Gasteiger partial charge on any atom is -0.350 e. The molecule has 0 aliphatic carbocycles. The Balaban J connectivity index is 2.54. The molecular formula is C15H28N2. The molecular weight excluding hydrogens is 208 g/mol. The highest BCUT2D eigenvalue weighted by atomic mass is 15.0. The van der Waals surface area contributed by atoms with Crippen LogP contribution in [0.5, 0.6) is 0 Å². The number of rotatable bonds is 4. The van der Waals surface area contributed by atoms with Crippen molar-refractivity contribution in [1.82, 2.24) is 9.88 Å². The fourth-order valence-electron chi connectivity index (χ4n) is 1.64. The molecule has 17 heavy (non-hydrogen) atoms. The smallest absolute Gasteiger partial charge is 0.0363 e. The van der Waals surface area contributed by atoms with Gasteiger partial charge in [-0.15, -0.1) is 0 Å². The van der Waals surface area contributed by atoms with E-state index in [0.29, 0.717) is 5.41 Å². The molecule has 0 aliphatic rings. The van der Waals surface area contributed by atoms with Crippen molar-refractivity contribution in [2.75, 3.05) is 0 Å². The van der Waals surface area contributed by atoms with E-state index < -0.39 is 0 Å². The van der Waals surface area contributed by atoms with Crippen LogP contribution in [0.1, 0.15) is 53.7 Å². The molecule has 0 saturated heterocycles. The fraction of sp³-hybridized carbons (Fsp3) is 0.733. The molecule has 2 heteroatoms. The number of hydrogen-bond acceptors (Lipinski definition) is 1. The third-order valence-electron chi connectivity index (χ3n) is 2.83. The van der Waals surface area contributed by atoms with Crippen LogP contribution in [0.3, 0.4) is 0 Å². The lowest BCUT2D eigenvalue weighted by Crippen LogP contribution is -2.35. The number of hydrogen-bond donors (Lipinski definition) is 1. The molecule has 0 amide bonds. The molecule has 0 aliphatic heterocycles. The maximum Gasteiger partial charge on any atom is 0.0363 e. The first-order valence-electron chi connectivity index (χ1n) is 6.56. The van der Waals surface area contributed by atoms with E-state index in [4.69, 9.17) is 0 Å². The van der Waals surface area contributed by atoms with Crippen molar-refractivity contribution in [1.29, 1.82) is 0 Å². The molecule has 0 bridgehead atoms. The average molecular weight is 236 g/mol. The van der Waals surface area contributed by atoms with Gasteiger partial charge in [0.05, 0.1) is 0 Å². The SMILES string of the molecule is CC(C)(C)CCn1cccc1CNC(C)(C)C. The lowest BCUT2D eigenvalue weighted by molar-refractivity contribution is 0.344. The van der Waals surface area contributed by atoms with Crippen LogP contribution in [0.15, 0.2) is 18.3 Å². The number of aryl methyl sites for hydroxylation is 1. The van der Waals surface area contributed by atoms with E-state index in [1.54, 1.807) is 0 Å². The van der Waals surface area contributed by atoms with E-state index in [0.717, 1.165) is 13.1 Å². The summed E-state index contributed by atoms with van der Waals surface area (Å²) in [6, 6.07) is 4.35. The first-order valence-corrected chi connectivity index (χ1v) is 6.56. The summed E-state index contributed by atoms with van der Waals surface area (Å²) in [5, 5.41) is 3.54. The van der Waals surface area contributed by atoms with Crippen molar-refractivity contribution >= 4 is 0 Å². The Bertz CT molecular complexity index is 304. The highest BCUT2D eigenvalue weighted by Crippen LogP contribution is 2.20. The van der Waals surface area contributed by atoms with Crippen LogP contribution in [0.25, 0.3) is 0 Å². The molecule has 1 heterocycles. The van der Waals surface area contributed by atoms with Crippen molar-refractivity contribution in [3.05, 3.63) is 24.0 Å². The first kappa shape index (κ1) is 14.3. The average Bonchev–Trinajstić information content (AvgIpc) is 2.56. The number of nitrogens with one attached hydrogen (secondary N) is 1. The zero-order valence-electron chi connectivity index (χ0n) is 12.3. The molecule has 1 rings (SSSR count). The molecule has 0 fully saturated rings. The third kappa shape index (κ3) is 5.92. The molecule has 1 aromatic rings. The molecule has 0 radical (unpaired) electrons. The zero-order valence-corrected chi connectivity index (χ0v) is 12.3. The molecule has 1 aromatic heterocycles. The van der Waals surface area contributed by atoms with Crippen molar-refractivity contribution in [3.63, 3.8) is 0 Å². The molecule has 0 unspecified atom stereocenters. The molecule has 0 saturated carbocycles. The Kier molecular flexibility index (Phi) is 4.42. The van der Waals surface area contributed by atoms with Gasteiger partial charge in [-0.1, -0.05) is 20.8 Å². The third-order valence-corrected chi connectivity index (χ3v) is 2.83. The van der Waals surface area contributed by atoms with Gasteiger partial charge < -0.3 is 9.88 Å². The Labute approximate surface area is 106 Å². The molecule has 0 aromatic carbocycles. The van der Waals surface area contributed by atoms with Crippen LogP contribution in [-0.2, 0) is 13.1 Å². The van der Waals surface area contributed by atoms with Crippen LogP contribution in [0.2, 0.25) is 0 Å². The van der Waals surface area contributed by atoms with Gasteiger partial charge in [-0.05, 0) is 44.7 Å². The quantitative estimate of drug-likeness (QED) is 0.841. The summed E-state index contributed by atoms with van der Waals surface area (Å²) in [7, 11) is 0. The molecule has 2 nitrogen and oxygen atoms in total. The summed E-state index contributed by atoms with van der Waals surface area (Å²) in [4.78, 5) is 0. The standard InChI is InChI=1S/C15H28N2/c1-14(2,3)9-11-17-10-7-8-13(17)12-16-15(4,5)6/h7-8,10,16H,9,11-12H2,1-6H3. The van der Waals surface area contributed by atoms with Crippen LogP contribution >= 0.6 is 0 Å². The van der Waals surface area contributed by atoms with Gasteiger partial charge in [0, 0.05) is 30.5 Å². The summed E-state index contributed by atoms with van der Waals surface area (Å²) in [6.45, 7) is 15.6. The van der Waals surface area contributed by atoms with E-state index in [9.17, 15) is 0 Å². The zero-order chi connectivity index (χ0) is 13.1. The second-order valence-electron chi connectivity index (χ2n) is 7.11. The second kappa shape index (κ2) is 5.26. The van der Waals surface area contributed by atoms with E-state index >= 15 is 0 Å². The van der Waals surface area contributed by atoms with E-state index in [-0.39, 0.29) is 5.54 Å².